The van der Waals surface area contributed by atoms with Gasteiger partial charge in [0.15, 0.2) is 0 Å². The van der Waals surface area contributed by atoms with Crippen molar-refractivity contribution < 1.29 is 28.6 Å². The van der Waals surface area contributed by atoms with Crippen molar-refractivity contribution >= 4 is 17.9 Å². The fourth-order valence-electron chi connectivity index (χ4n) is 15.8. The molecule has 6 heteroatoms. The summed E-state index contributed by atoms with van der Waals surface area (Å²) in [7, 11) is 0. The molecule has 0 aliphatic heterocycles. The SMILES string of the molecule is CCCCC/C=C\C/C=C\CCCCCCCC(=O)OCC=C(C)C=CC=C(C)C=CC1=C(C)CCCC1(C)C.CCCCCCCC/C=C\CCCCCCCC(=O)OCC=C(C)C=CC=C(C)C=CC1=C(C)CCCC1(C)C.CCCCCCCCCCCCCCCC(=O)OCC=C(C)C=CC=C(C)C=CC1=C(C)CCCC1(C)C. The minimum Gasteiger partial charge on any atom is -0.461 e. The molecule has 0 saturated heterocycles. The largest absolute Gasteiger partial charge is 0.461 e. The highest BCUT2D eigenvalue weighted by atomic mass is 16.5. The van der Waals surface area contributed by atoms with Crippen LogP contribution in [0, 0.1) is 16.2 Å². The van der Waals surface area contributed by atoms with Crippen molar-refractivity contribution in [2.45, 2.75) is 439 Å². The van der Waals surface area contributed by atoms with Gasteiger partial charge in [-0.15, -0.1) is 0 Å². The molecule has 0 amide bonds. The molecule has 0 spiro atoms. The number of esters is 3. The lowest BCUT2D eigenvalue weighted by atomic mass is 9.72. The van der Waals surface area contributed by atoms with E-state index in [0.29, 0.717) is 39.1 Å². The maximum Gasteiger partial charge on any atom is 0.306 e. The molecule has 6 nitrogen and oxygen atoms in total. The van der Waals surface area contributed by atoms with E-state index in [1.807, 2.05) is 32.1 Å². The summed E-state index contributed by atoms with van der Waals surface area (Å²) in [6, 6.07) is 0. The zero-order valence-corrected chi connectivity index (χ0v) is 80.1. The average molecular weight is 1620 g/mol. The van der Waals surface area contributed by atoms with Crippen LogP contribution in [0.2, 0.25) is 0 Å². The molecule has 0 N–H and O–H groups in total. The highest BCUT2D eigenvalue weighted by molar-refractivity contribution is 5.70. The lowest BCUT2D eigenvalue weighted by Gasteiger charge is -2.33. The van der Waals surface area contributed by atoms with Crippen LogP contribution in [0.25, 0.3) is 0 Å². The van der Waals surface area contributed by atoms with Crippen LogP contribution in [-0.2, 0) is 28.6 Å². The first-order valence-corrected chi connectivity index (χ1v) is 48.4. The van der Waals surface area contributed by atoms with Crippen molar-refractivity contribution in [2.24, 2.45) is 16.2 Å². The van der Waals surface area contributed by atoms with E-state index >= 15 is 0 Å². The van der Waals surface area contributed by atoms with Crippen LogP contribution in [0.5, 0.6) is 0 Å². The predicted molar refractivity (Wildman–Crippen MR) is 520 cm³/mol. The number of hydrogen-bond donors (Lipinski definition) is 0. The second-order valence-corrected chi connectivity index (χ2v) is 36.8. The molecule has 0 fully saturated rings. The maximum atomic E-state index is 12.0. The minimum atomic E-state index is -0.0881. The third-order valence-electron chi connectivity index (χ3n) is 23.7. The molecule has 0 aromatic heterocycles. The van der Waals surface area contributed by atoms with E-state index in [1.165, 1.54) is 294 Å². The van der Waals surface area contributed by atoms with Crippen LogP contribution >= 0.6 is 0 Å². The molecule has 666 valence electrons. The molecular weight excluding hydrogens is 1440 g/mol. The molecule has 3 aliphatic carbocycles. The Morgan fingerprint density at radius 3 is 0.788 bits per heavy atom. The summed E-state index contributed by atoms with van der Waals surface area (Å²) < 4.78 is 16.2. The van der Waals surface area contributed by atoms with Gasteiger partial charge < -0.3 is 14.2 Å². The first kappa shape index (κ1) is 110. The Bertz CT molecular complexity index is 3280. The number of carbonyl (C=O) groups is 3. The van der Waals surface area contributed by atoms with Gasteiger partial charge in [0.1, 0.15) is 19.8 Å². The van der Waals surface area contributed by atoms with E-state index in [9.17, 15) is 14.4 Å². The zero-order valence-electron chi connectivity index (χ0n) is 80.1. The Morgan fingerprint density at radius 1 is 0.297 bits per heavy atom. The molecule has 0 saturated carbocycles. The molecule has 0 unspecified atom stereocenters. The molecule has 118 heavy (non-hydrogen) atoms. The topological polar surface area (TPSA) is 78.9 Å². The molecule has 0 heterocycles. The molecule has 0 bridgehead atoms. The van der Waals surface area contributed by atoms with E-state index < -0.39 is 0 Å². The lowest BCUT2D eigenvalue weighted by Crippen LogP contribution is -2.19. The van der Waals surface area contributed by atoms with Crippen molar-refractivity contribution in [3.63, 3.8) is 0 Å². The summed E-state index contributed by atoms with van der Waals surface area (Å²) >= 11 is 0. The number of carbonyl (C=O) groups excluding carboxylic acids is 3. The van der Waals surface area contributed by atoms with Crippen LogP contribution in [0.3, 0.4) is 0 Å². The lowest BCUT2D eigenvalue weighted by molar-refractivity contribution is -0.143. The molecule has 0 aromatic carbocycles. The molecule has 0 atom stereocenters. The normalized spacial score (nSPS) is 16.7. The summed E-state index contributed by atoms with van der Waals surface area (Å²) in [4.78, 5) is 36.1. The number of rotatable bonds is 61. The molecular formula is C112H182O6. The first-order chi connectivity index (χ1) is 56.8. The van der Waals surface area contributed by atoms with Gasteiger partial charge in [-0.2, -0.15) is 0 Å². The van der Waals surface area contributed by atoms with Crippen molar-refractivity contribution in [2.75, 3.05) is 19.8 Å². The van der Waals surface area contributed by atoms with Crippen LogP contribution in [0.4, 0.5) is 0 Å². The molecule has 3 rings (SSSR count). The van der Waals surface area contributed by atoms with E-state index in [0.717, 1.165) is 68.1 Å². The van der Waals surface area contributed by atoms with Crippen molar-refractivity contribution in [1.82, 2.24) is 0 Å². The van der Waals surface area contributed by atoms with E-state index in [4.69, 9.17) is 14.2 Å². The highest BCUT2D eigenvalue weighted by Crippen LogP contribution is 2.43. The van der Waals surface area contributed by atoms with Crippen molar-refractivity contribution in [3.05, 3.63) is 213 Å². The van der Waals surface area contributed by atoms with Gasteiger partial charge in [-0.1, -0.05) is 401 Å². The first-order valence-electron chi connectivity index (χ1n) is 48.4. The minimum absolute atomic E-state index is 0.0720. The summed E-state index contributed by atoms with van der Waals surface area (Å²) in [5.41, 5.74) is 16.9. The number of ether oxygens (including phenoxy) is 3. The Kier molecular flexibility index (Phi) is 67.3. The number of unbranched alkanes of at least 4 members (excludes halogenated alkanes) is 31. The third kappa shape index (κ3) is 61.9. The van der Waals surface area contributed by atoms with Crippen molar-refractivity contribution in [1.29, 1.82) is 0 Å². The quantitative estimate of drug-likeness (QED) is 0.0198. The van der Waals surface area contributed by atoms with E-state index in [-0.39, 0.29) is 34.2 Å². The summed E-state index contributed by atoms with van der Waals surface area (Å²) in [5.74, 6) is -0.242. The average Bonchev–Trinajstić information content (AvgIpc) is 0.835. The molecule has 0 radical (unpaired) electrons. The van der Waals surface area contributed by atoms with E-state index in [2.05, 4.69) is 238 Å². The van der Waals surface area contributed by atoms with Gasteiger partial charge in [0.05, 0.1) is 0 Å². The zero-order chi connectivity index (χ0) is 87.0. The highest BCUT2D eigenvalue weighted by Gasteiger charge is 2.29. The summed E-state index contributed by atoms with van der Waals surface area (Å²) in [5, 5.41) is 0. The van der Waals surface area contributed by atoms with Gasteiger partial charge in [0.25, 0.3) is 0 Å². The fourth-order valence-corrected chi connectivity index (χ4v) is 15.8. The van der Waals surface area contributed by atoms with Gasteiger partial charge in [0, 0.05) is 19.3 Å². The molecule has 3 aliphatic rings. The Hall–Kier alpha value is -6.27. The summed E-state index contributed by atoms with van der Waals surface area (Å²) in [6.45, 7) is 41.4. The van der Waals surface area contributed by atoms with Gasteiger partial charge in [0.2, 0.25) is 0 Å². The second kappa shape index (κ2) is 72.4. The van der Waals surface area contributed by atoms with Gasteiger partial charge in [-0.3, -0.25) is 14.4 Å². The second-order valence-electron chi connectivity index (χ2n) is 36.8. The van der Waals surface area contributed by atoms with Gasteiger partial charge in [-0.25, -0.2) is 0 Å². The van der Waals surface area contributed by atoms with Gasteiger partial charge >= 0.3 is 17.9 Å². The predicted octanol–water partition coefficient (Wildman–Crippen LogP) is 35.5. The van der Waals surface area contributed by atoms with Crippen LogP contribution in [0.1, 0.15) is 439 Å². The molecule has 0 aromatic rings. The standard InChI is InChI=1S/C38H62O2.C38H60O2.C36H60O2/c2*1-7-8-9-10-11-12-13-14-15-16-17-18-19-20-21-27-37(39)40-32-30-34(3)25-22-24-33(2)28-29-36-35(4)26-23-31-38(36,5)6;1-7-8-9-10-11-12-13-14-15-16-17-18-19-25-35(37)38-30-28-32(3)23-20-22-31(2)26-27-34-33(4)24-21-29-36(34,5)6/h14-15,22,24-25,28-30H,7-13,16-21,23,26-27,31-32H2,1-6H3;11-12,14-15,22,24-25,28-30H,7-10,13,16-21,23,26-27,31-32H2,1-6H3;20,22-23,26-28H,7-19,21,24-25,29-30H2,1-6H3/b15-14-,25-22?,29-28?,33-24?,34-30?;12-11-,15-14-,25-22?,29-28?,33-24?,34-30?;. The van der Waals surface area contributed by atoms with Crippen LogP contribution < -0.4 is 0 Å². The fraction of sp³-hybridized carbons (Fsp3) is 0.652. The summed E-state index contributed by atoms with van der Waals surface area (Å²) in [6.07, 6.45) is 112. The van der Waals surface area contributed by atoms with E-state index in [1.54, 1.807) is 0 Å². The Balaban J connectivity index is 0.000000885. The van der Waals surface area contributed by atoms with Crippen LogP contribution in [-0.4, -0.2) is 37.7 Å². The van der Waals surface area contributed by atoms with Crippen LogP contribution in [0.15, 0.2) is 213 Å². The van der Waals surface area contributed by atoms with Gasteiger partial charge in [-0.05, 0) is 248 Å². The smallest absolute Gasteiger partial charge is 0.306 e. The Labute approximate surface area is 730 Å². The maximum absolute atomic E-state index is 12.0. The monoisotopic (exact) mass is 1620 g/mol. The number of allylic oxidation sites excluding steroid dienone is 33. The van der Waals surface area contributed by atoms with Crippen molar-refractivity contribution in [3.8, 4) is 0 Å². The number of hydrogen-bond acceptors (Lipinski definition) is 6. The Morgan fingerprint density at radius 2 is 0.525 bits per heavy atom. The third-order valence-corrected chi connectivity index (χ3v) is 23.7.